The lowest BCUT2D eigenvalue weighted by molar-refractivity contribution is 0.0407. The zero-order valence-electron chi connectivity index (χ0n) is 24.1. The van der Waals surface area contributed by atoms with Crippen molar-refractivity contribution < 1.29 is 24.1 Å². The summed E-state index contributed by atoms with van der Waals surface area (Å²) in [5.74, 6) is 1.11. The van der Waals surface area contributed by atoms with Gasteiger partial charge >= 0.3 is 5.97 Å². The highest BCUT2D eigenvalue weighted by atomic mass is 32.1. The Kier molecular flexibility index (Phi) is 7.01. The van der Waals surface area contributed by atoms with Crippen molar-refractivity contribution in [1.29, 1.82) is 5.41 Å². The largest absolute Gasteiger partial charge is 0.512 e. The van der Waals surface area contributed by atoms with E-state index in [1.807, 2.05) is 6.07 Å². The number of thiazole rings is 1. The highest BCUT2D eigenvalue weighted by Gasteiger charge is 2.46. The van der Waals surface area contributed by atoms with Crippen LogP contribution in [0, 0.1) is 22.7 Å². The normalized spacial score (nSPS) is 27.7. The number of carbonyl (C=O) groups excluding carboxylic acids is 1. The molecule has 220 valence electrons. The predicted molar refractivity (Wildman–Crippen MR) is 160 cm³/mol. The summed E-state index contributed by atoms with van der Waals surface area (Å²) in [7, 11) is 2.98. The zero-order valence-corrected chi connectivity index (χ0v) is 24.9. The maximum Gasteiger partial charge on any atom is 0.338 e. The van der Waals surface area contributed by atoms with Crippen LogP contribution in [0.3, 0.4) is 0 Å². The number of carbonyl (C=O) groups is 1. The number of piperidine rings is 1. The molecule has 3 aliphatic carbocycles. The fourth-order valence-electron chi connectivity index (χ4n) is 7.60. The Hall–Kier alpha value is -2.65. The molecule has 41 heavy (non-hydrogen) atoms. The number of anilines is 1. The van der Waals surface area contributed by atoms with Crippen molar-refractivity contribution in [3.8, 4) is 5.75 Å². The molecule has 1 aromatic heterocycles. The lowest BCUT2D eigenvalue weighted by Gasteiger charge is -2.39. The number of fused-ring (bicyclic) bond motifs is 3. The van der Waals surface area contributed by atoms with E-state index >= 15 is 0 Å². The molecule has 8 nitrogen and oxygen atoms in total. The zero-order chi connectivity index (χ0) is 28.3. The molecule has 9 heteroatoms. The second-order valence-corrected chi connectivity index (χ2v) is 14.0. The first-order valence-corrected chi connectivity index (χ1v) is 16.2. The average Bonchev–Trinajstić information content (AvgIpc) is 3.91. The Morgan fingerprint density at radius 1 is 1.05 bits per heavy atom. The van der Waals surface area contributed by atoms with Crippen LogP contribution in [-0.2, 0) is 9.47 Å². The average molecular weight is 580 g/mol. The van der Waals surface area contributed by atoms with Crippen molar-refractivity contribution >= 4 is 38.4 Å². The molecule has 1 spiro atoms. The van der Waals surface area contributed by atoms with E-state index in [2.05, 4.69) is 4.90 Å². The molecule has 5 aliphatic rings. The molecule has 2 aliphatic heterocycles. The number of esters is 1. The molecule has 0 amide bonds. The molecule has 0 radical (unpaired) electrons. The second-order valence-electron chi connectivity index (χ2n) is 13.0. The van der Waals surface area contributed by atoms with Crippen LogP contribution in [0.1, 0.15) is 87.4 Å². The van der Waals surface area contributed by atoms with Gasteiger partial charge in [0.25, 0.3) is 0 Å². The molecular formula is C32H41N3O5S. The smallest absolute Gasteiger partial charge is 0.338 e. The Labute approximate surface area is 245 Å². The van der Waals surface area contributed by atoms with Gasteiger partial charge in [-0.2, -0.15) is 0 Å². The molecule has 2 unspecified atom stereocenters. The monoisotopic (exact) mass is 579 g/mol. The van der Waals surface area contributed by atoms with Gasteiger partial charge in [-0.15, -0.1) is 0 Å². The van der Waals surface area contributed by atoms with Gasteiger partial charge in [-0.05, 0) is 94.6 Å². The summed E-state index contributed by atoms with van der Waals surface area (Å²) in [4.78, 5) is 19.6. The first-order valence-electron chi connectivity index (χ1n) is 15.4. The number of methoxy groups -OCH3 is 2. The van der Waals surface area contributed by atoms with Gasteiger partial charge in [0.1, 0.15) is 17.0 Å². The maximum atomic E-state index is 12.2. The third-order valence-electron chi connectivity index (χ3n) is 10.5. The summed E-state index contributed by atoms with van der Waals surface area (Å²) in [6, 6.07) is 4.21. The van der Waals surface area contributed by atoms with E-state index in [9.17, 15) is 9.90 Å². The van der Waals surface area contributed by atoms with Gasteiger partial charge in [0.05, 0.1) is 37.2 Å². The number of aromatic nitrogens is 1. The molecule has 3 saturated carbocycles. The van der Waals surface area contributed by atoms with Crippen molar-refractivity contribution in [3.05, 3.63) is 29.0 Å². The van der Waals surface area contributed by atoms with E-state index in [1.54, 1.807) is 24.5 Å². The maximum absolute atomic E-state index is 12.2. The van der Waals surface area contributed by atoms with Crippen molar-refractivity contribution in [2.75, 3.05) is 25.7 Å². The minimum atomic E-state index is -0.386. The molecule has 2 bridgehead atoms. The van der Waals surface area contributed by atoms with Gasteiger partial charge in [0.2, 0.25) is 0 Å². The molecule has 3 atom stereocenters. The third-order valence-corrected chi connectivity index (χ3v) is 11.5. The van der Waals surface area contributed by atoms with Gasteiger partial charge in [-0.1, -0.05) is 11.3 Å². The molecule has 7 rings (SSSR count). The molecular weight excluding hydrogens is 538 g/mol. The third kappa shape index (κ3) is 5.13. The first kappa shape index (κ1) is 27.2. The van der Waals surface area contributed by atoms with Crippen molar-refractivity contribution in [2.45, 2.75) is 95.2 Å². The summed E-state index contributed by atoms with van der Waals surface area (Å²) < 4.78 is 18.0. The number of nitrogens with one attached hydrogen (secondary N) is 1. The Bertz CT molecular complexity index is 1370. The summed E-state index contributed by atoms with van der Waals surface area (Å²) in [5, 5.41) is 21.1. The standard InChI is InChI=1S/C32H41N3O5S/c1-38-25-13-20(30(37)39-2)14-26-28(25)34-31(41-26)35-21-5-6-22(35)16-23(15-21)40-17-24(29(36)19-3-4-19)27(33)18-7-9-32(10-8-18)11-12-32/h13-14,18-19,21-23,33,36H,3-12,15-17H2,1-2H3/b29-24-,33-27?/t21-,22?,23?/m0/s1. The van der Waals surface area contributed by atoms with Gasteiger partial charge in [-0.25, -0.2) is 9.78 Å². The van der Waals surface area contributed by atoms with E-state index in [0.29, 0.717) is 46.9 Å². The summed E-state index contributed by atoms with van der Waals surface area (Å²) in [5.41, 5.74) is 3.25. The summed E-state index contributed by atoms with van der Waals surface area (Å²) >= 11 is 1.60. The number of aliphatic hydroxyl groups is 1. The van der Waals surface area contributed by atoms with Crippen LogP contribution in [0.15, 0.2) is 23.5 Å². The molecule has 1 aromatic carbocycles. The van der Waals surface area contributed by atoms with Crippen LogP contribution in [0.2, 0.25) is 0 Å². The quantitative estimate of drug-likeness (QED) is 0.191. The topological polar surface area (TPSA) is 105 Å². The minimum absolute atomic E-state index is 0.106. The number of aliphatic hydroxyl groups excluding tert-OH is 1. The molecule has 3 heterocycles. The number of hydrogen-bond donors (Lipinski definition) is 2. The molecule has 5 fully saturated rings. The number of rotatable bonds is 9. The number of hydrogen-bond acceptors (Lipinski definition) is 9. The predicted octanol–water partition coefficient (Wildman–Crippen LogP) is 6.82. The molecule has 2 N–H and O–H groups in total. The van der Waals surface area contributed by atoms with Crippen LogP contribution in [0.25, 0.3) is 10.2 Å². The molecule has 2 saturated heterocycles. The van der Waals surface area contributed by atoms with E-state index in [0.717, 1.165) is 72.3 Å². The highest BCUT2D eigenvalue weighted by molar-refractivity contribution is 7.22. The van der Waals surface area contributed by atoms with Crippen molar-refractivity contribution in [3.63, 3.8) is 0 Å². The van der Waals surface area contributed by atoms with Crippen LogP contribution in [0.4, 0.5) is 5.13 Å². The van der Waals surface area contributed by atoms with Crippen LogP contribution >= 0.6 is 11.3 Å². The second kappa shape index (κ2) is 10.6. The first-order chi connectivity index (χ1) is 19.9. The van der Waals surface area contributed by atoms with Crippen molar-refractivity contribution in [2.24, 2.45) is 17.3 Å². The van der Waals surface area contributed by atoms with E-state index < -0.39 is 0 Å². The minimum Gasteiger partial charge on any atom is -0.512 e. The number of benzene rings is 1. The van der Waals surface area contributed by atoms with E-state index in [4.69, 9.17) is 24.6 Å². The lowest BCUT2D eigenvalue weighted by atomic mass is 9.76. The fourth-order valence-corrected chi connectivity index (χ4v) is 8.77. The van der Waals surface area contributed by atoms with Gasteiger partial charge in [0, 0.05) is 35.2 Å². The fraction of sp³-hybridized carbons (Fsp3) is 0.656. The SMILES string of the molecule is COC(=O)c1cc(OC)c2nc(N3C4CC[C@H]3CC(OC/C(C(=N)C3CCC5(CC3)CC5)=C(/O)C3CC3)C4)sc2c1. The van der Waals surface area contributed by atoms with Gasteiger partial charge in [0.15, 0.2) is 5.13 Å². The van der Waals surface area contributed by atoms with Crippen LogP contribution < -0.4 is 9.64 Å². The van der Waals surface area contributed by atoms with Crippen LogP contribution in [0.5, 0.6) is 5.75 Å². The Balaban J connectivity index is 1.04. The summed E-state index contributed by atoms with van der Waals surface area (Å²) in [6.45, 7) is 0.349. The Morgan fingerprint density at radius 3 is 2.37 bits per heavy atom. The number of allylic oxidation sites excluding steroid dienone is 1. The van der Waals surface area contributed by atoms with E-state index in [-0.39, 0.29) is 23.9 Å². The lowest BCUT2D eigenvalue weighted by Crippen LogP contribution is -2.45. The van der Waals surface area contributed by atoms with E-state index in [1.165, 1.54) is 32.8 Å². The molecule has 2 aromatic rings. The van der Waals surface area contributed by atoms with Gasteiger partial charge in [-0.3, -0.25) is 0 Å². The highest BCUT2D eigenvalue weighted by Crippen LogP contribution is 2.57. The van der Waals surface area contributed by atoms with Crippen LogP contribution in [-0.4, -0.2) is 60.8 Å². The van der Waals surface area contributed by atoms with Crippen molar-refractivity contribution in [1.82, 2.24) is 4.98 Å². The number of nitrogens with zero attached hydrogens (tertiary/aromatic N) is 2. The number of ether oxygens (including phenoxy) is 3. The van der Waals surface area contributed by atoms with Gasteiger partial charge < -0.3 is 29.6 Å². The Morgan fingerprint density at radius 2 is 1.76 bits per heavy atom. The summed E-state index contributed by atoms with van der Waals surface area (Å²) in [6.07, 6.45) is 13.5.